The highest BCUT2D eigenvalue weighted by atomic mass is 16.5. The summed E-state index contributed by atoms with van der Waals surface area (Å²) in [6.07, 6.45) is 12.9. The third-order valence-electron chi connectivity index (χ3n) is 5.43. The molecule has 0 bridgehead atoms. The van der Waals surface area contributed by atoms with Gasteiger partial charge in [0.05, 0.1) is 6.10 Å². The molecule has 22 heavy (non-hydrogen) atoms. The van der Waals surface area contributed by atoms with Crippen molar-refractivity contribution in [2.75, 3.05) is 11.9 Å². The van der Waals surface area contributed by atoms with E-state index in [2.05, 4.69) is 55.6 Å². The second-order valence-corrected chi connectivity index (χ2v) is 7.03. The lowest BCUT2D eigenvalue weighted by Gasteiger charge is -2.46. The van der Waals surface area contributed by atoms with Gasteiger partial charge in [-0.1, -0.05) is 42.0 Å². The highest BCUT2D eigenvalue weighted by Gasteiger charge is 2.42. The Morgan fingerprint density at radius 2 is 2.09 bits per heavy atom. The standard InChI is InChI=1S/C20H25NO/c1-13-11-14(2)18-17(12-13)20-16(9-6-10-22-20)19(21-18)15-7-4-3-5-8-15/h3-5,7,11-12,15-16,19-21H,6,8-10H2,1-2H3/t15?,16-,19-,20-/m0/s1. The van der Waals surface area contributed by atoms with E-state index in [0.29, 0.717) is 17.9 Å². The molecule has 1 fully saturated rings. The van der Waals surface area contributed by atoms with Crippen LogP contribution in [0.3, 0.4) is 0 Å². The van der Waals surface area contributed by atoms with Gasteiger partial charge >= 0.3 is 0 Å². The summed E-state index contributed by atoms with van der Waals surface area (Å²) in [5.41, 5.74) is 5.39. The van der Waals surface area contributed by atoms with E-state index in [1.165, 1.54) is 35.2 Å². The van der Waals surface area contributed by atoms with Gasteiger partial charge in [-0.05, 0) is 38.7 Å². The summed E-state index contributed by atoms with van der Waals surface area (Å²) in [5, 5.41) is 3.90. The van der Waals surface area contributed by atoms with Gasteiger partial charge in [0.2, 0.25) is 0 Å². The molecule has 0 radical (unpaired) electrons. The lowest BCUT2D eigenvalue weighted by Crippen LogP contribution is -2.45. The molecule has 4 atom stereocenters. The topological polar surface area (TPSA) is 21.3 Å². The van der Waals surface area contributed by atoms with Gasteiger partial charge < -0.3 is 10.1 Å². The highest BCUT2D eigenvalue weighted by molar-refractivity contribution is 5.62. The molecular formula is C20H25NO. The van der Waals surface area contributed by atoms with Gasteiger partial charge in [0.25, 0.3) is 0 Å². The van der Waals surface area contributed by atoms with E-state index in [0.717, 1.165) is 13.0 Å². The van der Waals surface area contributed by atoms with Crippen LogP contribution in [0.2, 0.25) is 0 Å². The molecule has 2 nitrogen and oxygen atoms in total. The van der Waals surface area contributed by atoms with Crippen LogP contribution >= 0.6 is 0 Å². The quantitative estimate of drug-likeness (QED) is 0.811. The van der Waals surface area contributed by atoms with Crippen LogP contribution in [-0.4, -0.2) is 12.6 Å². The molecule has 2 heteroatoms. The minimum absolute atomic E-state index is 0.271. The molecule has 0 spiro atoms. The van der Waals surface area contributed by atoms with Crippen molar-refractivity contribution in [1.82, 2.24) is 0 Å². The molecule has 0 aromatic heterocycles. The number of nitrogens with one attached hydrogen (secondary N) is 1. The molecule has 4 rings (SSSR count). The monoisotopic (exact) mass is 295 g/mol. The van der Waals surface area contributed by atoms with Crippen molar-refractivity contribution in [3.8, 4) is 0 Å². The van der Waals surface area contributed by atoms with Gasteiger partial charge in [-0.25, -0.2) is 0 Å². The van der Waals surface area contributed by atoms with E-state index in [4.69, 9.17) is 4.74 Å². The lowest BCUT2D eigenvalue weighted by molar-refractivity contribution is -0.0418. The van der Waals surface area contributed by atoms with Crippen LogP contribution in [0.15, 0.2) is 36.4 Å². The number of hydrogen-bond donors (Lipinski definition) is 1. The number of allylic oxidation sites excluding steroid dienone is 3. The maximum atomic E-state index is 6.26. The predicted molar refractivity (Wildman–Crippen MR) is 91.1 cm³/mol. The number of ether oxygens (including phenoxy) is 1. The van der Waals surface area contributed by atoms with Gasteiger partial charge in [0.15, 0.2) is 0 Å². The van der Waals surface area contributed by atoms with Crippen molar-refractivity contribution in [2.45, 2.75) is 45.3 Å². The molecule has 1 unspecified atom stereocenters. The van der Waals surface area contributed by atoms with Gasteiger partial charge in [0, 0.05) is 35.7 Å². The van der Waals surface area contributed by atoms with Gasteiger partial charge in [-0.3, -0.25) is 0 Å². The average Bonchev–Trinajstić information content (AvgIpc) is 2.55. The van der Waals surface area contributed by atoms with Crippen LogP contribution < -0.4 is 5.32 Å². The molecule has 1 aromatic rings. The summed E-state index contributed by atoms with van der Waals surface area (Å²) < 4.78 is 6.26. The predicted octanol–water partition coefficient (Wildman–Crippen LogP) is 4.70. The minimum Gasteiger partial charge on any atom is -0.381 e. The highest BCUT2D eigenvalue weighted by Crippen LogP contribution is 2.47. The fourth-order valence-corrected chi connectivity index (χ4v) is 4.48. The maximum absolute atomic E-state index is 6.26. The first-order chi connectivity index (χ1) is 10.7. The second-order valence-electron chi connectivity index (χ2n) is 7.03. The third kappa shape index (κ3) is 2.30. The maximum Gasteiger partial charge on any atom is 0.0892 e. The van der Waals surface area contributed by atoms with Crippen LogP contribution in [0.4, 0.5) is 5.69 Å². The SMILES string of the molecule is Cc1cc(C)c2c(c1)[C@H]1OCCC[C@H]1[C@H](C1C=CC=CC1)N2. The van der Waals surface area contributed by atoms with Crippen molar-refractivity contribution in [3.63, 3.8) is 0 Å². The van der Waals surface area contributed by atoms with E-state index in [9.17, 15) is 0 Å². The molecule has 116 valence electrons. The molecule has 1 aromatic carbocycles. The van der Waals surface area contributed by atoms with Crippen LogP contribution in [0.25, 0.3) is 0 Å². The number of benzene rings is 1. The van der Waals surface area contributed by atoms with E-state index in [1.54, 1.807) is 0 Å². The minimum atomic E-state index is 0.271. The first kappa shape index (κ1) is 14.1. The molecule has 1 saturated heterocycles. The van der Waals surface area contributed by atoms with Crippen LogP contribution in [-0.2, 0) is 4.74 Å². The summed E-state index contributed by atoms with van der Waals surface area (Å²) >= 11 is 0. The Morgan fingerprint density at radius 3 is 2.91 bits per heavy atom. The van der Waals surface area contributed by atoms with Crippen molar-refractivity contribution in [2.24, 2.45) is 11.8 Å². The molecule has 0 saturated carbocycles. The average molecular weight is 295 g/mol. The van der Waals surface area contributed by atoms with Crippen molar-refractivity contribution >= 4 is 5.69 Å². The van der Waals surface area contributed by atoms with Gasteiger partial charge in [-0.15, -0.1) is 0 Å². The molecule has 0 amide bonds. The Kier molecular flexibility index (Phi) is 3.57. The fraction of sp³-hybridized carbons (Fsp3) is 0.500. The van der Waals surface area contributed by atoms with Crippen molar-refractivity contribution in [3.05, 3.63) is 53.1 Å². The summed E-state index contributed by atoms with van der Waals surface area (Å²) in [7, 11) is 0. The van der Waals surface area contributed by atoms with Crippen molar-refractivity contribution < 1.29 is 4.74 Å². The fourth-order valence-electron chi connectivity index (χ4n) is 4.48. The first-order valence-electron chi connectivity index (χ1n) is 8.56. The van der Waals surface area contributed by atoms with Gasteiger partial charge in [-0.2, -0.15) is 0 Å². The second kappa shape index (κ2) is 5.58. The summed E-state index contributed by atoms with van der Waals surface area (Å²) in [6.45, 7) is 5.31. The van der Waals surface area contributed by atoms with Crippen LogP contribution in [0.1, 0.15) is 42.1 Å². The normalized spacial score (nSPS) is 33.0. The number of rotatable bonds is 1. The lowest BCUT2D eigenvalue weighted by atomic mass is 9.73. The summed E-state index contributed by atoms with van der Waals surface area (Å²) in [5.74, 6) is 1.16. The Hall–Kier alpha value is -1.54. The summed E-state index contributed by atoms with van der Waals surface area (Å²) in [4.78, 5) is 0. The summed E-state index contributed by atoms with van der Waals surface area (Å²) in [6, 6.07) is 5.09. The van der Waals surface area contributed by atoms with Gasteiger partial charge in [0.1, 0.15) is 0 Å². The Balaban J connectivity index is 1.76. The zero-order chi connectivity index (χ0) is 15.1. The smallest absolute Gasteiger partial charge is 0.0892 e. The van der Waals surface area contributed by atoms with E-state index < -0.39 is 0 Å². The molecular weight excluding hydrogens is 270 g/mol. The van der Waals surface area contributed by atoms with E-state index in [-0.39, 0.29) is 6.10 Å². The zero-order valence-electron chi connectivity index (χ0n) is 13.5. The van der Waals surface area contributed by atoms with Crippen molar-refractivity contribution in [1.29, 1.82) is 0 Å². The molecule has 1 aliphatic carbocycles. The largest absolute Gasteiger partial charge is 0.381 e. The third-order valence-corrected chi connectivity index (χ3v) is 5.43. The molecule has 3 aliphatic rings. The van der Waals surface area contributed by atoms with Crippen LogP contribution in [0, 0.1) is 25.7 Å². The van der Waals surface area contributed by atoms with Crippen LogP contribution in [0.5, 0.6) is 0 Å². The Morgan fingerprint density at radius 1 is 1.18 bits per heavy atom. The van der Waals surface area contributed by atoms with E-state index >= 15 is 0 Å². The zero-order valence-corrected chi connectivity index (χ0v) is 13.5. The number of hydrogen-bond acceptors (Lipinski definition) is 2. The Bertz CT molecular complexity index is 631. The van der Waals surface area contributed by atoms with E-state index in [1.807, 2.05) is 0 Å². The first-order valence-corrected chi connectivity index (χ1v) is 8.56. The molecule has 2 aliphatic heterocycles. The molecule has 1 N–H and O–H groups in total. The number of fused-ring (bicyclic) bond motifs is 3. The number of anilines is 1. The number of aryl methyl sites for hydroxylation is 2. The molecule has 2 heterocycles. The Labute approximate surface area is 133 Å².